The maximum Gasteiger partial charge on any atom is 0.237 e. The molecule has 0 radical (unpaired) electrons. The van der Waals surface area contributed by atoms with Gasteiger partial charge in [0, 0.05) is 32.5 Å². The van der Waals surface area contributed by atoms with Crippen molar-refractivity contribution in [2.45, 2.75) is 64.5 Å². The lowest BCUT2D eigenvalue weighted by Crippen LogP contribution is -2.55. The number of primary amides is 1. The van der Waals surface area contributed by atoms with E-state index >= 15 is 0 Å². The molecule has 21 heavy (non-hydrogen) atoms. The number of nitrogens with two attached hydrogens (primary N) is 1. The van der Waals surface area contributed by atoms with Crippen LogP contribution in [-0.4, -0.2) is 43.9 Å². The highest BCUT2D eigenvalue weighted by Gasteiger charge is 2.30. The highest BCUT2D eigenvalue weighted by atomic mass is 16.5. The zero-order chi connectivity index (χ0) is 15.7. The fraction of sp³-hybridized carbons (Fsp3) is 0.938. The molecule has 1 saturated heterocycles. The van der Waals surface area contributed by atoms with Gasteiger partial charge in [-0.25, -0.2) is 0 Å². The Labute approximate surface area is 128 Å². The molecule has 1 atom stereocenters. The minimum Gasteiger partial charge on any atom is -0.381 e. The average molecular weight is 300 g/mol. The fourth-order valence-electron chi connectivity index (χ4n) is 2.75. The van der Waals surface area contributed by atoms with E-state index in [-0.39, 0.29) is 11.9 Å². The van der Waals surface area contributed by atoms with Gasteiger partial charge in [0.25, 0.3) is 0 Å². The van der Waals surface area contributed by atoms with Gasteiger partial charge in [-0.3, -0.25) is 4.79 Å². The van der Waals surface area contributed by atoms with E-state index in [9.17, 15) is 4.79 Å². The predicted octanol–water partition coefficient (Wildman–Crippen LogP) is 1.84. The molecule has 5 nitrogen and oxygen atoms in total. The van der Waals surface area contributed by atoms with Crippen LogP contribution in [0.4, 0.5) is 0 Å². The summed E-state index contributed by atoms with van der Waals surface area (Å²) in [7, 11) is 0. The van der Waals surface area contributed by atoms with Crippen LogP contribution in [0.1, 0.15) is 52.9 Å². The molecule has 0 aromatic rings. The summed E-state index contributed by atoms with van der Waals surface area (Å²) < 4.78 is 11.1. The maximum absolute atomic E-state index is 11.6. The van der Waals surface area contributed by atoms with Crippen molar-refractivity contribution in [3.05, 3.63) is 0 Å². The quantitative estimate of drug-likeness (QED) is 0.604. The van der Waals surface area contributed by atoms with E-state index in [4.69, 9.17) is 15.2 Å². The first-order chi connectivity index (χ1) is 9.94. The van der Waals surface area contributed by atoms with Gasteiger partial charge in [-0.15, -0.1) is 0 Å². The molecule has 0 aliphatic carbocycles. The maximum atomic E-state index is 11.6. The largest absolute Gasteiger partial charge is 0.381 e. The second-order valence-electron chi connectivity index (χ2n) is 6.58. The fourth-order valence-corrected chi connectivity index (χ4v) is 2.75. The first-order valence-corrected chi connectivity index (χ1v) is 8.17. The van der Waals surface area contributed by atoms with Crippen LogP contribution in [0.15, 0.2) is 0 Å². The van der Waals surface area contributed by atoms with Gasteiger partial charge in [0.1, 0.15) is 0 Å². The van der Waals surface area contributed by atoms with Crippen LogP contribution in [0.5, 0.6) is 0 Å². The number of carbonyl (C=O) groups excluding carboxylic acids is 1. The Bertz CT molecular complexity index is 304. The molecule has 3 N–H and O–H groups in total. The normalized spacial score (nSPS) is 19.6. The Balaban J connectivity index is 2.12. The number of amides is 1. The molecule has 124 valence electrons. The summed E-state index contributed by atoms with van der Waals surface area (Å²) in [6.07, 6.45) is 4.87. The van der Waals surface area contributed by atoms with E-state index in [1.165, 1.54) is 0 Å². The average Bonchev–Trinajstić information content (AvgIpc) is 2.43. The summed E-state index contributed by atoms with van der Waals surface area (Å²) in [5, 5.41) is 3.27. The van der Waals surface area contributed by atoms with E-state index in [0.29, 0.717) is 5.92 Å². The van der Waals surface area contributed by atoms with Crippen molar-refractivity contribution in [2.75, 3.05) is 26.4 Å². The first-order valence-electron chi connectivity index (χ1n) is 8.17. The molecule has 1 aliphatic rings. The van der Waals surface area contributed by atoms with Crippen molar-refractivity contribution in [3.8, 4) is 0 Å². The van der Waals surface area contributed by atoms with Crippen LogP contribution in [0.2, 0.25) is 0 Å². The van der Waals surface area contributed by atoms with Gasteiger partial charge < -0.3 is 20.5 Å². The summed E-state index contributed by atoms with van der Waals surface area (Å²) in [4.78, 5) is 11.6. The van der Waals surface area contributed by atoms with Gasteiger partial charge in [0.2, 0.25) is 5.91 Å². The van der Waals surface area contributed by atoms with E-state index in [0.717, 1.165) is 58.5 Å². The molecule has 1 heterocycles. The number of unbranched alkanes of at least 4 members (excludes halogenated alkanes) is 1. The molecule has 0 saturated carbocycles. The molecule has 1 rings (SSSR count). The minimum atomic E-state index is -0.616. The van der Waals surface area contributed by atoms with Crippen LogP contribution in [0, 0.1) is 5.92 Å². The Hall–Kier alpha value is -0.650. The minimum absolute atomic E-state index is 0.243. The lowest BCUT2D eigenvalue weighted by molar-refractivity contribution is -0.124. The molecule has 1 aliphatic heterocycles. The summed E-state index contributed by atoms with van der Waals surface area (Å²) >= 11 is 0. The van der Waals surface area contributed by atoms with Gasteiger partial charge in [-0.2, -0.15) is 0 Å². The zero-order valence-corrected chi connectivity index (χ0v) is 13.8. The Morgan fingerprint density at radius 2 is 2.05 bits per heavy atom. The van der Waals surface area contributed by atoms with Crippen molar-refractivity contribution >= 4 is 5.91 Å². The van der Waals surface area contributed by atoms with Crippen LogP contribution in [0.3, 0.4) is 0 Å². The molecule has 0 aromatic heterocycles. The summed E-state index contributed by atoms with van der Waals surface area (Å²) in [6.45, 7) is 9.26. The van der Waals surface area contributed by atoms with E-state index < -0.39 is 5.54 Å². The zero-order valence-electron chi connectivity index (χ0n) is 13.8. The number of nitrogens with one attached hydrogen (secondary N) is 1. The van der Waals surface area contributed by atoms with Crippen molar-refractivity contribution in [1.82, 2.24) is 5.32 Å². The van der Waals surface area contributed by atoms with Crippen LogP contribution in [0.25, 0.3) is 0 Å². The van der Waals surface area contributed by atoms with Crippen molar-refractivity contribution in [3.63, 3.8) is 0 Å². The van der Waals surface area contributed by atoms with Gasteiger partial charge in [0.05, 0.1) is 5.54 Å². The highest BCUT2D eigenvalue weighted by molar-refractivity contribution is 5.84. The Kier molecular flexibility index (Phi) is 8.22. The van der Waals surface area contributed by atoms with Crippen molar-refractivity contribution < 1.29 is 14.3 Å². The third-order valence-corrected chi connectivity index (χ3v) is 4.06. The lowest BCUT2D eigenvalue weighted by atomic mass is 9.93. The standard InChI is InChI=1S/C16H32N2O3/c1-13(2)18-16(3,15(17)19)8-4-5-9-21-12-14-6-10-20-11-7-14/h13-14,18H,4-12H2,1-3H3,(H2,17,19). The smallest absolute Gasteiger partial charge is 0.237 e. The van der Waals surface area contributed by atoms with Crippen LogP contribution >= 0.6 is 0 Å². The van der Waals surface area contributed by atoms with Gasteiger partial charge in [-0.05, 0) is 58.8 Å². The molecular formula is C16H32N2O3. The summed E-state index contributed by atoms with van der Waals surface area (Å²) in [5.41, 5.74) is 4.90. The molecule has 5 heteroatoms. The molecule has 0 bridgehead atoms. The second-order valence-corrected chi connectivity index (χ2v) is 6.58. The first kappa shape index (κ1) is 18.4. The lowest BCUT2D eigenvalue weighted by Gasteiger charge is -2.30. The number of carbonyl (C=O) groups is 1. The molecule has 0 spiro atoms. The van der Waals surface area contributed by atoms with E-state index in [1.807, 2.05) is 20.8 Å². The Morgan fingerprint density at radius 1 is 1.38 bits per heavy atom. The van der Waals surface area contributed by atoms with E-state index in [1.54, 1.807) is 0 Å². The van der Waals surface area contributed by atoms with Gasteiger partial charge in [-0.1, -0.05) is 0 Å². The number of hydrogen-bond acceptors (Lipinski definition) is 4. The van der Waals surface area contributed by atoms with Gasteiger partial charge >= 0.3 is 0 Å². The Morgan fingerprint density at radius 3 is 2.62 bits per heavy atom. The predicted molar refractivity (Wildman–Crippen MR) is 84.1 cm³/mol. The number of hydrogen-bond donors (Lipinski definition) is 2. The molecule has 0 aromatic carbocycles. The number of ether oxygens (including phenoxy) is 2. The summed E-state index contributed by atoms with van der Waals surface area (Å²) in [6, 6.07) is 0.243. The van der Waals surface area contributed by atoms with Crippen LogP contribution < -0.4 is 11.1 Å². The molecule has 1 unspecified atom stereocenters. The molecular weight excluding hydrogens is 268 g/mol. The SMILES string of the molecule is CC(C)NC(C)(CCCCOCC1CCOCC1)C(N)=O. The van der Waals surface area contributed by atoms with Crippen molar-refractivity contribution in [2.24, 2.45) is 11.7 Å². The van der Waals surface area contributed by atoms with Crippen molar-refractivity contribution in [1.29, 1.82) is 0 Å². The third-order valence-electron chi connectivity index (χ3n) is 4.06. The monoisotopic (exact) mass is 300 g/mol. The highest BCUT2D eigenvalue weighted by Crippen LogP contribution is 2.16. The third kappa shape index (κ3) is 7.25. The number of rotatable bonds is 10. The van der Waals surface area contributed by atoms with E-state index in [2.05, 4.69) is 5.32 Å². The van der Waals surface area contributed by atoms with Gasteiger partial charge in [0.15, 0.2) is 0 Å². The molecule has 1 fully saturated rings. The topological polar surface area (TPSA) is 73.6 Å². The van der Waals surface area contributed by atoms with Crippen LogP contribution in [-0.2, 0) is 14.3 Å². The molecule has 1 amide bonds. The second kappa shape index (κ2) is 9.38. The summed E-state index contributed by atoms with van der Waals surface area (Å²) in [5.74, 6) is 0.372.